The molecule has 23 heavy (non-hydrogen) atoms. The van der Waals surface area contributed by atoms with Crippen molar-refractivity contribution in [2.45, 2.75) is 25.4 Å². The Hall–Kier alpha value is -1.72. The van der Waals surface area contributed by atoms with E-state index in [2.05, 4.69) is 4.90 Å². The van der Waals surface area contributed by atoms with Gasteiger partial charge in [-0.05, 0) is 12.8 Å². The molecular formula is C18H24N2O3. The van der Waals surface area contributed by atoms with E-state index in [9.17, 15) is 9.59 Å². The van der Waals surface area contributed by atoms with Crippen LogP contribution in [0.4, 0.5) is 0 Å². The number of ether oxygens (including phenoxy) is 1. The largest absolute Gasteiger partial charge is 0.368 e. The van der Waals surface area contributed by atoms with E-state index in [1.807, 2.05) is 35.2 Å². The molecule has 0 bridgehead atoms. The molecule has 1 unspecified atom stereocenters. The van der Waals surface area contributed by atoms with E-state index in [0.29, 0.717) is 13.0 Å². The number of Topliss-reactive ketones (excluding diaryl/α,β-unsaturated/α-hetero) is 1. The van der Waals surface area contributed by atoms with Gasteiger partial charge in [0.1, 0.15) is 6.10 Å². The maximum atomic E-state index is 12.3. The number of rotatable bonds is 5. The Kier molecular flexibility index (Phi) is 5.41. The minimum Gasteiger partial charge on any atom is -0.368 e. The zero-order chi connectivity index (χ0) is 16.1. The molecule has 2 heterocycles. The summed E-state index contributed by atoms with van der Waals surface area (Å²) < 4.78 is 5.47. The molecule has 1 aromatic carbocycles. The van der Waals surface area contributed by atoms with Crippen molar-refractivity contribution in [3.63, 3.8) is 0 Å². The number of piperazine rings is 1. The molecule has 0 spiro atoms. The zero-order valence-electron chi connectivity index (χ0n) is 13.4. The maximum Gasteiger partial charge on any atom is 0.251 e. The van der Waals surface area contributed by atoms with E-state index in [-0.39, 0.29) is 17.8 Å². The van der Waals surface area contributed by atoms with Crippen molar-refractivity contribution in [2.24, 2.45) is 0 Å². The van der Waals surface area contributed by atoms with Crippen molar-refractivity contribution >= 4 is 11.7 Å². The Bertz CT molecular complexity index is 532. The van der Waals surface area contributed by atoms with Gasteiger partial charge in [0, 0.05) is 51.3 Å². The lowest BCUT2D eigenvalue weighted by Gasteiger charge is -2.35. The van der Waals surface area contributed by atoms with Gasteiger partial charge in [0.25, 0.3) is 5.91 Å². The van der Waals surface area contributed by atoms with Gasteiger partial charge < -0.3 is 9.64 Å². The number of carbonyl (C=O) groups excluding carboxylic acids is 2. The van der Waals surface area contributed by atoms with E-state index in [4.69, 9.17) is 4.74 Å². The standard InChI is InChI=1S/C18H24N2O3/c21-16(15-5-2-1-3-6-15)8-9-19-10-12-20(13-11-19)18(22)17-7-4-14-23-17/h1-3,5-6,17H,4,7-14H2. The lowest BCUT2D eigenvalue weighted by Crippen LogP contribution is -2.51. The molecule has 2 aliphatic rings. The van der Waals surface area contributed by atoms with Crippen LogP contribution in [0.25, 0.3) is 0 Å². The Morgan fingerprint density at radius 1 is 1.09 bits per heavy atom. The van der Waals surface area contributed by atoms with Crippen molar-refractivity contribution in [3.8, 4) is 0 Å². The van der Waals surface area contributed by atoms with Gasteiger partial charge in [0.15, 0.2) is 5.78 Å². The van der Waals surface area contributed by atoms with Gasteiger partial charge in [-0.3, -0.25) is 14.5 Å². The molecule has 1 amide bonds. The van der Waals surface area contributed by atoms with E-state index >= 15 is 0 Å². The van der Waals surface area contributed by atoms with Gasteiger partial charge in [-0.1, -0.05) is 30.3 Å². The summed E-state index contributed by atoms with van der Waals surface area (Å²) in [6.45, 7) is 4.60. The van der Waals surface area contributed by atoms with Crippen LogP contribution in [-0.4, -0.2) is 66.9 Å². The smallest absolute Gasteiger partial charge is 0.251 e. The van der Waals surface area contributed by atoms with Gasteiger partial charge in [-0.25, -0.2) is 0 Å². The first kappa shape index (κ1) is 16.1. The summed E-state index contributed by atoms with van der Waals surface area (Å²) in [5.74, 6) is 0.325. The van der Waals surface area contributed by atoms with E-state index < -0.39 is 0 Å². The summed E-state index contributed by atoms with van der Waals surface area (Å²) in [5, 5.41) is 0. The maximum absolute atomic E-state index is 12.3. The van der Waals surface area contributed by atoms with Gasteiger partial charge in [0.2, 0.25) is 0 Å². The monoisotopic (exact) mass is 316 g/mol. The van der Waals surface area contributed by atoms with Gasteiger partial charge >= 0.3 is 0 Å². The molecule has 3 rings (SSSR count). The van der Waals surface area contributed by atoms with Crippen LogP contribution in [-0.2, 0) is 9.53 Å². The van der Waals surface area contributed by atoms with Crippen molar-refractivity contribution < 1.29 is 14.3 Å². The van der Waals surface area contributed by atoms with Crippen LogP contribution in [0, 0.1) is 0 Å². The van der Waals surface area contributed by atoms with Crippen LogP contribution in [0.3, 0.4) is 0 Å². The number of benzene rings is 1. The topological polar surface area (TPSA) is 49.9 Å². The second-order valence-electron chi connectivity index (χ2n) is 6.21. The quantitative estimate of drug-likeness (QED) is 0.774. The van der Waals surface area contributed by atoms with Crippen LogP contribution in [0.15, 0.2) is 30.3 Å². The van der Waals surface area contributed by atoms with Crippen LogP contribution in [0.5, 0.6) is 0 Å². The number of nitrogens with zero attached hydrogens (tertiary/aromatic N) is 2. The Labute approximate surface area is 137 Å². The Morgan fingerprint density at radius 2 is 1.83 bits per heavy atom. The SMILES string of the molecule is O=C(CCN1CCN(C(=O)C2CCCO2)CC1)c1ccccc1. The molecular weight excluding hydrogens is 292 g/mol. The van der Waals surface area contributed by atoms with Crippen molar-refractivity contribution in [2.75, 3.05) is 39.3 Å². The minimum atomic E-state index is -0.221. The molecule has 0 radical (unpaired) electrons. The van der Waals surface area contributed by atoms with Crippen LogP contribution >= 0.6 is 0 Å². The molecule has 2 saturated heterocycles. The third-order valence-corrected chi connectivity index (χ3v) is 4.64. The van der Waals surface area contributed by atoms with Crippen molar-refractivity contribution in [1.29, 1.82) is 0 Å². The van der Waals surface area contributed by atoms with E-state index in [0.717, 1.165) is 51.1 Å². The summed E-state index contributed by atoms with van der Waals surface area (Å²) in [5.41, 5.74) is 0.777. The number of hydrogen-bond acceptors (Lipinski definition) is 4. The number of hydrogen-bond donors (Lipinski definition) is 0. The molecule has 2 aliphatic heterocycles. The first-order valence-corrected chi connectivity index (χ1v) is 8.45. The van der Waals surface area contributed by atoms with Crippen LogP contribution < -0.4 is 0 Å². The van der Waals surface area contributed by atoms with E-state index in [1.54, 1.807) is 0 Å². The molecule has 5 nitrogen and oxygen atoms in total. The summed E-state index contributed by atoms with van der Waals surface area (Å²) in [6.07, 6.45) is 2.15. The molecule has 0 aliphatic carbocycles. The van der Waals surface area contributed by atoms with Gasteiger partial charge in [-0.15, -0.1) is 0 Å². The average molecular weight is 316 g/mol. The van der Waals surface area contributed by atoms with Gasteiger partial charge in [-0.2, -0.15) is 0 Å². The molecule has 1 aromatic rings. The Balaban J connectivity index is 1.41. The molecule has 0 saturated carbocycles. The highest BCUT2D eigenvalue weighted by Gasteiger charge is 2.30. The third-order valence-electron chi connectivity index (χ3n) is 4.64. The van der Waals surface area contributed by atoms with Crippen molar-refractivity contribution in [3.05, 3.63) is 35.9 Å². The molecule has 124 valence electrons. The summed E-state index contributed by atoms with van der Waals surface area (Å²) >= 11 is 0. The van der Waals surface area contributed by atoms with Gasteiger partial charge in [0.05, 0.1) is 0 Å². The highest BCUT2D eigenvalue weighted by atomic mass is 16.5. The van der Waals surface area contributed by atoms with Crippen LogP contribution in [0.1, 0.15) is 29.6 Å². The Morgan fingerprint density at radius 3 is 2.48 bits per heavy atom. The second kappa shape index (κ2) is 7.70. The lowest BCUT2D eigenvalue weighted by molar-refractivity contribution is -0.142. The predicted molar refractivity (Wildman–Crippen MR) is 87.4 cm³/mol. The number of ketones is 1. The normalized spacial score (nSPS) is 22.3. The molecule has 1 atom stereocenters. The highest BCUT2D eigenvalue weighted by Crippen LogP contribution is 2.16. The predicted octanol–water partition coefficient (Wildman–Crippen LogP) is 1.58. The third kappa shape index (κ3) is 4.18. The number of amides is 1. The summed E-state index contributed by atoms with van der Waals surface area (Å²) in [6, 6.07) is 9.42. The molecule has 0 N–H and O–H groups in total. The highest BCUT2D eigenvalue weighted by molar-refractivity contribution is 5.96. The van der Waals surface area contributed by atoms with E-state index in [1.165, 1.54) is 0 Å². The first-order chi connectivity index (χ1) is 11.2. The number of carbonyl (C=O) groups is 2. The average Bonchev–Trinajstić information content (AvgIpc) is 3.15. The minimum absolute atomic E-state index is 0.141. The fraction of sp³-hybridized carbons (Fsp3) is 0.556. The fourth-order valence-electron chi connectivity index (χ4n) is 3.20. The summed E-state index contributed by atoms with van der Waals surface area (Å²) in [4.78, 5) is 28.6. The fourth-order valence-corrected chi connectivity index (χ4v) is 3.20. The van der Waals surface area contributed by atoms with Crippen molar-refractivity contribution in [1.82, 2.24) is 9.80 Å². The molecule has 0 aromatic heterocycles. The lowest BCUT2D eigenvalue weighted by atomic mass is 10.1. The second-order valence-corrected chi connectivity index (χ2v) is 6.21. The zero-order valence-corrected chi connectivity index (χ0v) is 13.4. The first-order valence-electron chi connectivity index (χ1n) is 8.45. The summed E-state index contributed by atoms with van der Waals surface area (Å²) in [7, 11) is 0. The molecule has 2 fully saturated rings. The van der Waals surface area contributed by atoms with Crippen LogP contribution in [0.2, 0.25) is 0 Å². The molecule has 5 heteroatoms.